The van der Waals surface area contributed by atoms with Crippen LogP contribution in [0.3, 0.4) is 0 Å². The van der Waals surface area contributed by atoms with Gasteiger partial charge >= 0.3 is 0 Å². The molecule has 0 spiro atoms. The van der Waals surface area contributed by atoms with E-state index in [9.17, 15) is 0 Å². The second-order valence-corrected chi connectivity index (χ2v) is 17.8. The standard InChI is InChI=1S/C48H26S4/c1-3-7-27(8-4-1)29-11-19-41-37(23-29)33-15-17-35-39-25-31(13-21-43(39)51-47(35)45(33)49-41)32-14-22-44-40(26-32)36-18-16-34-38-24-30(28-9-5-2-6-10-28)12-20-42(38)50-46(34)48(36)52-44/h1-26H. The molecule has 0 saturated heterocycles. The lowest BCUT2D eigenvalue weighted by atomic mass is 9.99. The maximum Gasteiger partial charge on any atom is 0.0534 e. The van der Waals surface area contributed by atoms with Gasteiger partial charge in [0, 0.05) is 61.9 Å². The van der Waals surface area contributed by atoms with Gasteiger partial charge in [-0.15, -0.1) is 45.3 Å². The molecule has 0 atom stereocenters. The molecule has 0 radical (unpaired) electrons. The second-order valence-electron chi connectivity index (χ2n) is 13.6. The van der Waals surface area contributed by atoms with Gasteiger partial charge in [0.05, 0.1) is 18.8 Å². The van der Waals surface area contributed by atoms with E-state index in [1.54, 1.807) is 0 Å². The lowest BCUT2D eigenvalue weighted by Gasteiger charge is -2.04. The highest BCUT2D eigenvalue weighted by atomic mass is 32.1. The quantitative estimate of drug-likeness (QED) is 0.170. The fourth-order valence-corrected chi connectivity index (χ4v) is 13.1. The summed E-state index contributed by atoms with van der Waals surface area (Å²) in [6, 6.07) is 58.9. The van der Waals surface area contributed by atoms with Crippen LogP contribution < -0.4 is 0 Å². The largest absolute Gasteiger partial charge is 0.134 e. The molecule has 4 heteroatoms. The van der Waals surface area contributed by atoms with Crippen LogP contribution in [0.25, 0.3) is 114 Å². The summed E-state index contributed by atoms with van der Waals surface area (Å²) in [5.74, 6) is 0. The van der Waals surface area contributed by atoms with Gasteiger partial charge in [-0.2, -0.15) is 0 Å². The predicted molar refractivity (Wildman–Crippen MR) is 234 cm³/mol. The molecule has 12 aromatic rings. The van der Waals surface area contributed by atoms with Gasteiger partial charge in [0.15, 0.2) is 0 Å². The Hall–Kier alpha value is -5.36. The van der Waals surface area contributed by atoms with E-state index >= 15 is 0 Å². The van der Waals surface area contributed by atoms with E-state index in [2.05, 4.69) is 158 Å². The van der Waals surface area contributed by atoms with Crippen LogP contribution in [0.1, 0.15) is 0 Å². The molecule has 0 unspecified atom stereocenters. The Morgan fingerprint density at radius 3 is 0.769 bits per heavy atom. The van der Waals surface area contributed by atoms with Gasteiger partial charge in [-0.3, -0.25) is 0 Å². The number of hydrogen-bond acceptors (Lipinski definition) is 4. The van der Waals surface area contributed by atoms with Crippen LogP contribution in [0.4, 0.5) is 0 Å². The minimum absolute atomic E-state index is 1.26. The monoisotopic (exact) mass is 730 g/mol. The highest BCUT2D eigenvalue weighted by molar-refractivity contribution is 7.34. The third kappa shape index (κ3) is 4.30. The molecular weight excluding hydrogens is 705 g/mol. The SMILES string of the molecule is c1ccc(-c2ccc3sc4c(ccc5c6cc(-c7ccc8sc9c(ccc%10c%11cc(-c%12ccccc%12)ccc%11sc%109)c8c7)ccc6sc54)c3c2)cc1. The molecule has 0 nitrogen and oxygen atoms in total. The van der Waals surface area contributed by atoms with Gasteiger partial charge in [-0.1, -0.05) is 109 Å². The van der Waals surface area contributed by atoms with E-state index in [1.165, 1.54) is 114 Å². The maximum absolute atomic E-state index is 2.42. The third-order valence-corrected chi connectivity index (χ3v) is 15.8. The molecule has 4 aromatic heterocycles. The zero-order valence-corrected chi connectivity index (χ0v) is 30.9. The first-order valence-electron chi connectivity index (χ1n) is 17.5. The molecule has 12 rings (SSSR count). The summed E-state index contributed by atoms with van der Waals surface area (Å²) in [7, 11) is 0. The van der Waals surface area contributed by atoms with E-state index in [4.69, 9.17) is 0 Å². The van der Waals surface area contributed by atoms with E-state index in [1.807, 2.05) is 45.3 Å². The average molecular weight is 731 g/mol. The Bertz CT molecular complexity index is 3160. The van der Waals surface area contributed by atoms with E-state index in [-0.39, 0.29) is 0 Å². The number of thiophene rings is 4. The second kappa shape index (κ2) is 11.1. The molecule has 0 aliphatic carbocycles. The molecule has 0 aliphatic rings. The summed E-state index contributed by atoms with van der Waals surface area (Å²) >= 11 is 7.72. The van der Waals surface area contributed by atoms with Crippen molar-refractivity contribution < 1.29 is 0 Å². The Morgan fingerprint density at radius 1 is 0.212 bits per heavy atom. The summed E-state index contributed by atoms with van der Waals surface area (Å²) < 4.78 is 11.0. The molecule has 0 fully saturated rings. The van der Waals surface area contributed by atoms with Gasteiger partial charge < -0.3 is 0 Å². The van der Waals surface area contributed by atoms with E-state index < -0.39 is 0 Å². The van der Waals surface area contributed by atoms with E-state index in [0.29, 0.717) is 0 Å². The first kappa shape index (κ1) is 29.2. The lowest BCUT2D eigenvalue weighted by molar-refractivity contribution is 1.66. The Labute approximate surface area is 315 Å². The zero-order chi connectivity index (χ0) is 33.9. The highest BCUT2D eigenvalue weighted by Gasteiger charge is 2.17. The van der Waals surface area contributed by atoms with Gasteiger partial charge in [0.2, 0.25) is 0 Å². The van der Waals surface area contributed by atoms with Crippen molar-refractivity contribution in [2.24, 2.45) is 0 Å². The molecule has 242 valence electrons. The highest BCUT2D eigenvalue weighted by Crippen LogP contribution is 2.48. The smallest absolute Gasteiger partial charge is 0.0534 e. The van der Waals surface area contributed by atoms with Crippen LogP contribution in [0.2, 0.25) is 0 Å². The summed E-state index contributed by atoms with van der Waals surface area (Å²) in [4.78, 5) is 0. The van der Waals surface area contributed by atoms with Crippen LogP contribution in [-0.4, -0.2) is 0 Å². The first-order valence-corrected chi connectivity index (χ1v) is 20.7. The topological polar surface area (TPSA) is 0 Å². The molecule has 52 heavy (non-hydrogen) atoms. The van der Waals surface area contributed by atoms with Gasteiger partial charge in [-0.25, -0.2) is 0 Å². The Kier molecular flexibility index (Phi) is 6.23. The van der Waals surface area contributed by atoms with Crippen molar-refractivity contribution in [2.75, 3.05) is 0 Å². The van der Waals surface area contributed by atoms with Crippen molar-refractivity contribution in [2.45, 2.75) is 0 Å². The van der Waals surface area contributed by atoms with Crippen molar-refractivity contribution in [1.29, 1.82) is 0 Å². The minimum Gasteiger partial charge on any atom is -0.134 e. The van der Waals surface area contributed by atoms with Gasteiger partial charge in [0.1, 0.15) is 0 Å². The predicted octanol–water partition coefficient (Wildman–Crippen LogP) is 16.2. The van der Waals surface area contributed by atoms with Gasteiger partial charge in [0.25, 0.3) is 0 Å². The maximum atomic E-state index is 2.42. The Morgan fingerprint density at radius 2 is 0.481 bits per heavy atom. The molecule has 0 N–H and O–H groups in total. The number of hydrogen-bond donors (Lipinski definition) is 0. The zero-order valence-electron chi connectivity index (χ0n) is 27.6. The molecule has 0 aliphatic heterocycles. The first-order chi connectivity index (χ1) is 25.7. The van der Waals surface area contributed by atoms with Crippen molar-refractivity contribution in [3.05, 3.63) is 158 Å². The van der Waals surface area contributed by atoms with Crippen LogP contribution in [0, 0.1) is 0 Å². The number of fused-ring (bicyclic) bond motifs is 14. The van der Waals surface area contributed by atoms with Crippen molar-refractivity contribution in [3.63, 3.8) is 0 Å². The summed E-state index contributed by atoms with van der Waals surface area (Å²) in [6.45, 7) is 0. The van der Waals surface area contributed by atoms with Crippen LogP contribution in [-0.2, 0) is 0 Å². The molecular formula is C48H26S4. The Balaban J connectivity index is 0.970. The molecule has 0 amide bonds. The van der Waals surface area contributed by atoms with Crippen LogP contribution in [0.5, 0.6) is 0 Å². The van der Waals surface area contributed by atoms with Crippen molar-refractivity contribution in [3.8, 4) is 33.4 Å². The average Bonchev–Trinajstić information content (AvgIpc) is 3.97. The summed E-state index contributed by atoms with van der Waals surface area (Å²) in [5.41, 5.74) is 7.62. The fraction of sp³-hybridized carbons (Fsp3) is 0. The van der Waals surface area contributed by atoms with Gasteiger partial charge in [-0.05, 0) is 81.9 Å². The van der Waals surface area contributed by atoms with E-state index in [0.717, 1.165) is 0 Å². The summed E-state index contributed by atoms with van der Waals surface area (Å²) in [6.07, 6.45) is 0. The number of rotatable bonds is 3. The van der Waals surface area contributed by atoms with Crippen LogP contribution >= 0.6 is 45.3 Å². The van der Waals surface area contributed by atoms with Crippen molar-refractivity contribution in [1.82, 2.24) is 0 Å². The molecule has 0 bridgehead atoms. The molecule has 8 aromatic carbocycles. The lowest BCUT2D eigenvalue weighted by Crippen LogP contribution is -1.78. The third-order valence-electron chi connectivity index (χ3n) is 10.7. The van der Waals surface area contributed by atoms with Crippen LogP contribution in [0.15, 0.2) is 158 Å². The minimum atomic E-state index is 1.26. The normalized spacial score (nSPS) is 12.2. The number of benzene rings is 8. The summed E-state index contributed by atoms with van der Waals surface area (Å²) in [5, 5.41) is 10.8. The van der Waals surface area contributed by atoms with Crippen molar-refractivity contribution >= 4 is 126 Å². The molecule has 4 heterocycles. The molecule has 0 saturated carbocycles. The fourth-order valence-electron chi connectivity index (χ4n) is 8.12.